The molecule has 3 unspecified atom stereocenters. The molecule has 1 saturated heterocycles. The van der Waals surface area contributed by atoms with E-state index in [1.54, 1.807) is 3.58 Å². The fraction of sp³-hybridized carbons (Fsp3) is 0.531. The van der Waals surface area contributed by atoms with Crippen LogP contribution in [0.1, 0.15) is 94.9 Å². The van der Waals surface area contributed by atoms with Crippen LogP contribution in [0.5, 0.6) is 0 Å². The van der Waals surface area contributed by atoms with E-state index in [-0.39, 0.29) is 27.1 Å². The molecule has 2 aliphatic heterocycles. The second-order valence-electron chi connectivity index (χ2n) is 8.90. The summed E-state index contributed by atoms with van der Waals surface area (Å²) in [6.45, 7) is 25.4. The molecule has 0 N–H and O–H groups in total. The van der Waals surface area contributed by atoms with Crippen LogP contribution in [0.25, 0.3) is 0 Å². The number of fused-ring (bicyclic) bond motifs is 1. The molecule has 0 aromatic carbocycles. The molecule has 3 aliphatic rings. The summed E-state index contributed by atoms with van der Waals surface area (Å²) in [6.07, 6.45) is 16.0. The fourth-order valence-corrected chi connectivity index (χ4v) is 11.3. The van der Waals surface area contributed by atoms with Crippen LogP contribution in [0.4, 0.5) is 0 Å². The molecular weight excluding hydrogens is 654 g/mol. The zero-order chi connectivity index (χ0) is 26.7. The van der Waals surface area contributed by atoms with Gasteiger partial charge in [0.25, 0.3) is 0 Å². The first-order valence-electron chi connectivity index (χ1n) is 13.4. The molecule has 0 radical (unpaired) electrons. The van der Waals surface area contributed by atoms with E-state index in [2.05, 4.69) is 72.4 Å². The van der Waals surface area contributed by atoms with Gasteiger partial charge in [-0.1, -0.05) is 27.7 Å². The van der Waals surface area contributed by atoms with Crippen molar-refractivity contribution in [1.82, 2.24) is 0 Å². The number of unbranched alkanes of at least 4 members (excludes halogenated alkanes) is 1. The van der Waals surface area contributed by atoms with Gasteiger partial charge in [-0.15, -0.1) is 0 Å². The van der Waals surface area contributed by atoms with E-state index < -0.39 is 21.2 Å². The maximum atomic E-state index is 13.3. The zero-order valence-corrected chi connectivity index (χ0v) is 28.1. The number of rotatable bonds is 7. The summed E-state index contributed by atoms with van der Waals surface area (Å²) < 4.78 is 4.21. The smallest absolute Gasteiger partial charge is 0.0683 e. The Balaban J connectivity index is 0.00000145. The molecule has 1 nitrogen and oxygen atoms in total. The summed E-state index contributed by atoms with van der Waals surface area (Å²) in [5.41, 5.74) is 8.13. The zero-order valence-electron chi connectivity index (χ0n) is 23.8. The Bertz CT molecular complexity index is 948. The van der Waals surface area contributed by atoms with Crippen LogP contribution < -0.4 is 42.4 Å². The normalized spacial score (nSPS) is 25.1. The molecule has 0 saturated carbocycles. The summed E-state index contributed by atoms with van der Waals surface area (Å²) in [5, 5.41) is 0. The molecule has 35 heavy (non-hydrogen) atoms. The Labute approximate surface area is 237 Å². The van der Waals surface area contributed by atoms with Gasteiger partial charge in [0.2, 0.25) is 0 Å². The van der Waals surface area contributed by atoms with Gasteiger partial charge in [-0.25, -0.2) is 0 Å². The Morgan fingerprint density at radius 1 is 1.11 bits per heavy atom. The molecule has 2 heterocycles. The van der Waals surface area contributed by atoms with Crippen molar-refractivity contribution in [2.75, 3.05) is 0 Å². The van der Waals surface area contributed by atoms with E-state index in [1.165, 1.54) is 50.7 Å². The first-order valence-corrected chi connectivity index (χ1v) is 17.9. The molecule has 1 aliphatic carbocycles. The predicted molar refractivity (Wildman–Crippen MR) is 148 cm³/mol. The van der Waals surface area contributed by atoms with E-state index in [4.69, 9.17) is 0 Å². The second kappa shape index (κ2) is 16.2. The standard InChI is InChI=1S/C28H36I2O.2C2H6/c1-8-10-14-24-19(6)20(7)26(29-24)16-23-27-22(13-11-15-25(27)30-28(23)31)21(12-9-2)18(5)17(3)4;2*1-2/h9,11-13,16,22,25,27H,2,8,10,14-15H2,1,3-7H3;2*1-2H3/q-2;;/b21-12+,23-16-;;. The number of alkyl halides is 1. The summed E-state index contributed by atoms with van der Waals surface area (Å²) >= 11 is -0.563. The van der Waals surface area contributed by atoms with Crippen molar-refractivity contribution in [2.24, 2.45) is 11.8 Å². The number of allylic oxidation sites excluding steroid dienone is 13. The molecule has 3 atom stereocenters. The monoisotopic (exact) mass is 702 g/mol. The average molecular weight is 703 g/mol. The van der Waals surface area contributed by atoms with Crippen LogP contribution in [0.2, 0.25) is 0 Å². The molecule has 0 aromatic heterocycles. The van der Waals surface area contributed by atoms with Crippen molar-refractivity contribution in [3.63, 3.8) is 0 Å². The quantitative estimate of drug-likeness (QED) is 0.0994. The van der Waals surface area contributed by atoms with Gasteiger partial charge in [0.05, 0.1) is 0 Å². The maximum Gasteiger partial charge on any atom is -0.0683 e. The molecule has 0 aromatic rings. The third-order valence-electron chi connectivity index (χ3n) is 6.72. The molecule has 0 bridgehead atoms. The molecule has 1 fully saturated rings. The Hall–Kier alpha value is -0.690. The number of hydrogen-bond acceptors (Lipinski definition) is 1. The van der Waals surface area contributed by atoms with Gasteiger partial charge in [0.1, 0.15) is 0 Å². The molecule has 0 amide bonds. The van der Waals surface area contributed by atoms with Crippen LogP contribution in [0.3, 0.4) is 0 Å². The Kier molecular flexibility index (Phi) is 15.0. The summed E-state index contributed by atoms with van der Waals surface area (Å²) in [6, 6.07) is 0. The van der Waals surface area contributed by atoms with E-state index in [1.807, 2.05) is 33.8 Å². The average Bonchev–Trinajstić information content (AvgIpc) is 3.33. The van der Waals surface area contributed by atoms with E-state index in [0.717, 1.165) is 12.0 Å². The van der Waals surface area contributed by atoms with Crippen LogP contribution in [-0.4, -0.2) is 7.71 Å². The Morgan fingerprint density at radius 3 is 2.34 bits per heavy atom. The SMILES string of the molecule is C=C/C=C(\C(C)=C(C)C)C1C=CCC2[I-]C(=O)/C(=C\C3=C(C)C(C)=C(CCCC)[I-]3)C21.CC.CC. The summed E-state index contributed by atoms with van der Waals surface area (Å²) in [5.74, 6) is 0.633. The van der Waals surface area contributed by atoms with Crippen molar-refractivity contribution in [1.29, 1.82) is 0 Å². The topological polar surface area (TPSA) is 17.1 Å². The van der Waals surface area contributed by atoms with Crippen molar-refractivity contribution >= 4 is 3.79 Å². The molecule has 3 heteroatoms. The first-order chi connectivity index (χ1) is 16.8. The minimum atomic E-state index is -0.441. The van der Waals surface area contributed by atoms with E-state index in [9.17, 15) is 4.79 Å². The molecule has 3 rings (SSSR count). The van der Waals surface area contributed by atoms with Crippen molar-refractivity contribution < 1.29 is 47.2 Å². The van der Waals surface area contributed by atoms with Gasteiger partial charge < -0.3 is 0 Å². The minimum absolute atomic E-state index is 0.122. The van der Waals surface area contributed by atoms with Crippen molar-refractivity contribution in [3.05, 3.63) is 77.6 Å². The van der Waals surface area contributed by atoms with Crippen LogP contribution in [0.15, 0.2) is 77.6 Å². The number of halogens is 2. The van der Waals surface area contributed by atoms with Crippen LogP contribution in [0, 0.1) is 11.8 Å². The van der Waals surface area contributed by atoms with Gasteiger partial charge in [-0.05, 0) is 0 Å². The fourth-order valence-electron chi connectivity index (χ4n) is 4.51. The third kappa shape index (κ3) is 7.90. The third-order valence-corrected chi connectivity index (χ3v) is 13.7. The largest absolute Gasteiger partial charge is 0.0683 e. The molecule has 0 spiro atoms. The summed E-state index contributed by atoms with van der Waals surface area (Å²) in [4.78, 5) is 13.3. The van der Waals surface area contributed by atoms with Gasteiger partial charge >= 0.3 is 212 Å². The summed E-state index contributed by atoms with van der Waals surface area (Å²) in [7, 11) is 0. The Morgan fingerprint density at radius 2 is 1.77 bits per heavy atom. The van der Waals surface area contributed by atoms with Gasteiger partial charge in [-0.3, -0.25) is 0 Å². The number of carbonyl (C=O) groups excluding carboxylic acids is 1. The number of carbonyl (C=O) groups is 1. The van der Waals surface area contributed by atoms with Gasteiger partial charge in [0.15, 0.2) is 0 Å². The minimum Gasteiger partial charge on any atom is -0.0683 e. The molecular formula is C32H48I2O-2. The maximum absolute atomic E-state index is 13.3. The first kappa shape index (κ1) is 32.3. The van der Waals surface area contributed by atoms with E-state index >= 15 is 0 Å². The second-order valence-corrected chi connectivity index (χ2v) is 15.1. The van der Waals surface area contributed by atoms with Crippen LogP contribution >= 0.6 is 0 Å². The van der Waals surface area contributed by atoms with Crippen LogP contribution in [-0.2, 0) is 4.79 Å². The number of hydrogen-bond donors (Lipinski definition) is 0. The van der Waals surface area contributed by atoms with Gasteiger partial charge in [0, 0.05) is 0 Å². The molecule has 198 valence electrons. The van der Waals surface area contributed by atoms with Crippen molar-refractivity contribution in [3.8, 4) is 0 Å². The van der Waals surface area contributed by atoms with E-state index in [0.29, 0.717) is 13.6 Å². The van der Waals surface area contributed by atoms with Crippen molar-refractivity contribution in [2.45, 2.75) is 98.8 Å². The predicted octanol–water partition coefficient (Wildman–Crippen LogP) is 3.46. The van der Waals surface area contributed by atoms with Gasteiger partial charge in [-0.2, -0.15) is 0 Å².